The first-order chi connectivity index (χ1) is 8.51. The van der Waals surface area contributed by atoms with Crippen molar-refractivity contribution in [2.75, 3.05) is 25.0 Å². The van der Waals surface area contributed by atoms with Crippen molar-refractivity contribution >= 4 is 29.2 Å². The molecular weight excluding hydrogens is 256 g/mol. The van der Waals surface area contributed by atoms with E-state index in [1.54, 1.807) is 31.2 Å². The van der Waals surface area contributed by atoms with Crippen LogP contribution in [-0.4, -0.2) is 41.5 Å². The number of rotatable bonds is 6. The molecule has 0 bridgehead atoms. The van der Waals surface area contributed by atoms with Gasteiger partial charge >= 0.3 is 5.97 Å². The summed E-state index contributed by atoms with van der Waals surface area (Å²) in [5, 5.41) is 11.9. The fraction of sp³-hybridized carbons (Fsp3) is 0.333. The summed E-state index contributed by atoms with van der Waals surface area (Å²) in [7, 11) is 0. The van der Waals surface area contributed by atoms with Crippen LogP contribution in [0.2, 0.25) is 5.02 Å². The number of halogens is 1. The van der Waals surface area contributed by atoms with Gasteiger partial charge in [0.2, 0.25) is 5.91 Å². The second-order valence-corrected chi connectivity index (χ2v) is 4.19. The summed E-state index contributed by atoms with van der Waals surface area (Å²) in [6.07, 6.45) is 0. The number of nitrogens with one attached hydrogen (secondary N) is 1. The maximum absolute atomic E-state index is 11.7. The molecule has 1 rings (SSSR count). The summed E-state index contributed by atoms with van der Waals surface area (Å²) >= 11 is 5.73. The van der Waals surface area contributed by atoms with Gasteiger partial charge in [-0.05, 0) is 30.8 Å². The zero-order valence-corrected chi connectivity index (χ0v) is 10.8. The van der Waals surface area contributed by atoms with E-state index in [-0.39, 0.29) is 19.0 Å². The van der Waals surface area contributed by atoms with Crippen LogP contribution in [0.25, 0.3) is 0 Å². The number of carboxylic acid groups (broad SMARTS) is 1. The Balaban J connectivity index is 2.49. The molecule has 1 amide bonds. The summed E-state index contributed by atoms with van der Waals surface area (Å²) in [4.78, 5) is 23.8. The van der Waals surface area contributed by atoms with E-state index in [1.165, 1.54) is 4.90 Å². The van der Waals surface area contributed by atoms with Crippen LogP contribution >= 0.6 is 11.6 Å². The predicted molar refractivity (Wildman–Crippen MR) is 69.8 cm³/mol. The average molecular weight is 271 g/mol. The Hall–Kier alpha value is -1.59. The van der Waals surface area contributed by atoms with Crippen LogP contribution in [0.4, 0.5) is 5.69 Å². The Bertz CT molecular complexity index is 420. The molecule has 0 heterocycles. The molecule has 0 spiro atoms. The van der Waals surface area contributed by atoms with Crippen LogP contribution in [0.5, 0.6) is 0 Å². The van der Waals surface area contributed by atoms with Crippen molar-refractivity contribution in [2.45, 2.75) is 6.92 Å². The highest BCUT2D eigenvalue weighted by Crippen LogP contribution is 2.13. The third-order valence-corrected chi connectivity index (χ3v) is 2.55. The molecule has 0 aliphatic carbocycles. The fourth-order valence-electron chi connectivity index (χ4n) is 1.41. The van der Waals surface area contributed by atoms with Crippen LogP contribution in [0.1, 0.15) is 6.92 Å². The summed E-state index contributed by atoms with van der Waals surface area (Å²) < 4.78 is 0. The number of hydrogen-bond donors (Lipinski definition) is 2. The number of aliphatic carboxylic acids is 1. The van der Waals surface area contributed by atoms with Gasteiger partial charge in [-0.3, -0.25) is 14.5 Å². The van der Waals surface area contributed by atoms with Gasteiger partial charge in [0.1, 0.15) is 0 Å². The van der Waals surface area contributed by atoms with E-state index >= 15 is 0 Å². The van der Waals surface area contributed by atoms with Crippen molar-refractivity contribution in [3.8, 4) is 0 Å². The quantitative estimate of drug-likeness (QED) is 0.825. The first-order valence-corrected chi connectivity index (χ1v) is 5.88. The largest absolute Gasteiger partial charge is 0.480 e. The Morgan fingerprint density at radius 2 is 1.89 bits per heavy atom. The maximum atomic E-state index is 11.7. The molecule has 0 saturated heterocycles. The van der Waals surface area contributed by atoms with Gasteiger partial charge in [0.05, 0.1) is 13.1 Å². The van der Waals surface area contributed by atoms with Gasteiger partial charge < -0.3 is 10.4 Å². The van der Waals surface area contributed by atoms with E-state index in [2.05, 4.69) is 5.32 Å². The van der Waals surface area contributed by atoms with Gasteiger partial charge in [0, 0.05) is 10.7 Å². The molecule has 2 N–H and O–H groups in total. The first kappa shape index (κ1) is 14.5. The van der Waals surface area contributed by atoms with E-state index in [0.717, 1.165) is 0 Å². The van der Waals surface area contributed by atoms with Gasteiger partial charge in [0.15, 0.2) is 0 Å². The number of carboxylic acids is 1. The topological polar surface area (TPSA) is 69.6 Å². The van der Waals surface area contributed by atoms with Gasteiger partial charge in [-0.15, -0.1) is 0 Å². The predicted octanol–water partition coefficient (Wildman–Crippen LogP) is 1.68. The van der Waals surface area contributed by atoms with Gasteiger partial charge in [0.25, 0.3) is 0 Å². The standard InChI is InChI=1S/C12H15ClN2O3/c1-2-15(8-12(17)18)7-11(16)14-10-5-3-9(13)4-6-10/h3-6H,2,7-8H2,1H3,(H,14,16)(H,17,18). The summed E-state index contributed by atoms with van der Waals surface area (Å²) in [6.45, 7) is 2.20. The highest BCUT2D eigenvalue weighted by molar-refractivity contribution is 6.30. The Morgan fingerprint density at radius 3 is 2.39 bits per heavy atom. The van der Waals surface area contributed by atoms with Crippen molar-refractivity contribution < 1.29 is 14.7 Å². The molecule has 0 atom stereocenters. The lowest BCUT2D eigenvalue weighted by Crippen LogP contribution is -2.36. The molecule has 1 aromatic carbocycles. The summed E-state index contributed by atoms with van der Waals surface area (Å²) in [6, 6.07) is 6.72. The summed E-state index contributed by atoms with van der Waals surface area (Å²) in [5.74, 6) is -1.20. The zero-order chi connectivity index (χ0) is 13.5. The molecule has 98 valence electrons. The molecule has 0 unspecified atom stereocenters. The number of carbonyl (C=O) groups excluding carboxylic acids is 1. The molecule has 0 saturated carbocycles. The number of hydrogen-bond acceptors (Lipinski definition) is 3. The van der Waals surface area contributed by atoms with Gasteiger partial charge in [-0.25, -0.2) is 0 Å². The Kier molecular flexibility index (Phi) is 5.61. The van der Waals surface area contributed by atoms with Gasteiger partial charge in [-0.2, -0.15) is 0 Å². The third kappa shape index (κ3) is 5.16. The monoisotopic (exact) mass is 270 g/mol. The number of likely N-dealkylation sites (N-methyl/N-ethyl adjacent to an activating group) is 1. The van der Waals surface area contributed by atoms with Gasteiger partial charge in [-0.1, -0.05) is 18.5 Å². The second kappa shape index (κ2) is 6.98. The zero-order valence-electron chi connectivity index (χ0n) is 10.0. The highest BCUT2D eigenvalue weighted by Gasteiger charge is 2.12. The highest BCUT2D eigenvalue weighted by atomic mass is 35.5. The average Bonchev–Trinajstić information content (AvgIpc) is 2.30. The number of nitrogens with zero attached hydrogens (tertiary/aromatic N) is 1. The van der Waals surface area contributed by atoms with Crippen LogP contribution in [0.3, 0.4) is 0 Å². The molecule has 6 heteroatoms. The van der Waals surface area contributed by atoms with E-state index in [0.29, 0.717) is 17.3 Å². The van der Waals surface area contributed by atoms with Crippen molar-refractivity contribution in [3.05, 3.63) is 29.3 Å². The molecule has 0 radical (unpaired) electrons. The molecule has 1 aromatic rings. The van der Waals surface area contributed by atoms with E-state index < -0.39 is 5.97 Å². The minimum absolute atomic E-state index is 0.0471. The van der Waals surface area contributed by atoms with E-state index in [4.69, 9.17) is 16.7 Å². The van der Waals surface area contributed by atoms with Crippen molar-refractivity contribution in [1.82, 2.24) is 4.90 Å². The second-order valence-electron chi connectivity index (χ2n) is 3.75. The first-order valence-electron chi connectivity index (χ1n) is 5.51. The minimum atomic E-state index is -0.948. The molecular formula is C12H15ClN2O3. The number of carbonyl (C=O) groups is 2. The third-order valence-electron chi connectivity index (χ3n) is 2.30. The Morgan fingerprint density at radius 1 is 1.28 bits per heavy atom. The smallest absolute Gasteiger partial charge is 0.317 e. The molecule has 0 fully saturated rings. The number of amides is 1. The summed E-state index contributed by atoms with van der Waals surface area (Å²) in [5.41, 5.74) is 0.635. The molecule has 0 aliphatic rings. The lowest BCUT2D eigenvalue weighted by molar-refractivity contribution is -0.138. The maximum Gasteiger partial charge on any atom is 0.317 e. The lowest BCUT2D eigenvalue weighted by Gasteiger charge is -2.17. The van der Waals surface area contributed by atoms with Crippen LogP contribution in [-0.2, 0) is 9.59 Å². The van der Waals surface area contributed by atoms with Crippen LogP contribution in [0.15, 0.2) is 24.3 Å². The molecule has 5 nitrogen and oxygen atoms in total. The number of anilines is 1. The molecule has 18 heavy (non-hydrogen) atoms. The van der Waals surface area contributed by atoms with Crippen LogP contribution < -0.4 is 5.32 Å². The SMILES string of the molecule is CCN(CC(=O)O)CC(=O)Nc1ccc(Cl)cc1. The molecule has 0 aromatic heterocycles. The van der Waals surface area contributed by atoms with E-state index in [1.807, 2.05) is 0 Å². The van der Waals surface area contributed by atoms with Crippen molar-refractivity contribution in [1.29, 1.82) is 0 Å². The normalized spacial score (nSPS) is 10.4. The van der Waals surface area contributed by atoms with Crippen molar-refractivity contribution in [2.24, 2.45) is 0 Å². The minimum Gasteiger partial charge on any atom is -0.480 e. The number of benzene rings is 1. The van der Waals surface area contributed by atoms with E-state index in [9.17, 15) is 9.59 Å². The van der Waals surface area contributed by atoms with Crippen molar-refractivity contribution in [3.63, 3.8) is 0 Å². The lowest BCUT2D eigenvalue weighted by atomic mass is 10.3. The van der Waals surface area contributed by atoms with Crippen LogP contribution in [0, 0.1) is 0 Å². The Labute approximate surface area is 110 Å². The molecule has 0 aliphatic heterocycles. The fourth-order valence-corrected chi connectivity index (χ4v) is 1.53.